The predicted molar refractivity (Wildman–Crippen MR) is 143 cm³/mol. The summed E-state index contributed by atoms with van der Waals surface area (Å²) in [5, 5.41) is 21.5. The summed E-state index contributed by atoms with van der Waals surface area (Å²) in [7, 11) is 0. The number of thiazole rings is 1. The molecule has 9 heteroatoms. The van der Waals surface area contributed by atoms with E-state index in [1.165, 1.54) is 24.0 Å². The zero-order valence-electron chi connectivity index (χ0n) is 20.5. The molecule has 1 saturated carbocycles. The Hall–Kier alpha value is -2.88. The third-order valence-electron chi connectivity index (χ3n) is 7.29. The monoisotopic (exact) mass is 503 g/mol. The molecule has 0 bridgehead atoms. The van der Waals surface area contributed by atoms with Crippen molar-refractivity contribution in [3.8, 4) is 11.1 Å². The Bertz CT molecular complexity index is 1290. The largest absolute Gasteiger partial charge is 0.393 e. The lowest BCUT2D eigenvalue weighted by atomic mass is 9.93. The van der Waals surface area contributed by atoms with Crippen molar-refractivity contribution >= 4 is 27.5 Å². The van der Waals surface area contributed by atoms with Gasteiger partial charge in [-0.2, -0.15) is 5.10 Å². The van der Waals surface area contributed by atoms with Crippen molar-refractivity contribution in [3.05, 3.63) is 53.1 Å². The van der Waals surface area contributed by atoms with Gasteiger partial charge in [0.1, 0.15) is 0 Å². The van der Waals surface area contributed by atoms with E-state index in [0.717, 1.165) is 78.4 Å². The average molecular weight is 504 g/mol. The molecule has 0 radical (unpaired) electrons. The first-order chi connectivity index (χ1) is 17.7. The minimum Gasteiger partial charge on any atom is -0.393 e. The van der Waals surface area contributed by atoms with Crippen LogP contribution in [0.25, 0.3) is 21.3 Å². The van der Waals surface area contributed by atoms with Crippen LogP contribution in [0, 0.1) is 0 Å². The molecule has 1 aliphatic carbocycles. The predicted octanol–water partition coefficient (Wildman–Crippen LogP) is 4.77. The molecule has 0 amide bonds. The number of aliphatic hydroxyl groups excluding tert-OH is 1. The average Bonchev–Trinajstić information content (AvgIpc) is 3.55. The highest BCUT2D eigenvalue weighted by Crippen LogP contribution is 2.29. The molecule has 3 N–H and O–H groups in total. The summed E-state index contributed by atoms with van der Waals surface area (Å²) in [5.74, 6) is 0.712. The molecular formula is C27H33N7OS. The number of aromatic amines is 1. The third-order valence-corrected chi connectivity index (χ3v) is 8.31. The number of fused-ring (bicyclic) bond motifs is 1. The Labute approximate surface area is 215 Å². The van der Waals surface area contributed by atoms with E-state index >= 15 is 0 Å². The minimum absolute atomic E-state index is 0.168. The molecule has 188 valence electrons. The Kier molecular flexibility index (Phi) is 6.94. The second-order valence-electron chi connectivity index (χ2n) is 10.1. The van der Waals surface area contributed by atoms with Gasteiger partial charge >= 0.3 is 0 Å². The third kappa shape index (κ3) is 5.58. The van der Waals surface area contributed by atoms with Crippen LogP contribution in [0.15, 0.2) is 36.7 Å². The Morgan fingerprint density at radius 2 is 1.81 bits per heavy atom. The number of anilines is 1. The van der Waals surface area contributed by atoms with Gasteiger partial charge in [0.05, 0.1) is 38.9 Å². The molecule has 1 saturated heterocycles. The molecule has 0 unspecified atom stereocenters. The number of likely N-dealkylation sites (tertiary alicyclic amines) is 1. The fourth-order valence-corrected chi connectivity index (χ4v) is 6.35. The van der Waals surface area contributed by atoms with Crippen LogP contribution in [0.4, 0.5) is 5.95 Å². The summed E-state index contributed by atoms with van der Waals surface area (Å²) in [5.41, 5.74) is 5.31. The van der Waals surface area contributed by atoms with E-state index in [2.05, 4.69) is 44.7 Å². The van der Waals surface area contributed by atoms with Crippen LogP contribution in [-0.4, -0.2) is 60.4 Å². The Balaban J connectivity index is 1.24. The number of piperidine rings is 1. The van der Waals surface area contributed by atoms with Gasteiger partial charge in [-0.05, 0) is 75.4 Å². The first kappa shape index (κ1) is 23.5. The lowest BCUT2D eigenvalue weighted by Gasteiger charge is -2.27. The first-order valence-electron chi connectivity index (χ1n) is 13.1. The molecular weight excluding hydrogens is 470 g/mol. The molecule has 0 atom stereocenters. The molecule has 8 nitrogen and oxygen atoms in total. The molecule has 3 aromatic heterocycles. The lowest BCUT2D eigenvalue weighted by molar-refractivity contribution is 0.126. The highest BCUT2D eigenvalue weighted by molar-refractivity contribution is 7.18. The Morgan fingerprint density at radius 3 is 2.61 bits per heavy atom. The molecule has 6 rings (SSSR count). The molecule has 2 fully saturated rings. The van der Waals surface area contributed by atoms with Gasteiger partial charge in [-0.1, -0.05) is 12.5 Å². The van der Waals surface area contributed by atoms with Crippen LogP contribution >= 0.6 is 11.3 Å². The highest BCUT2D eigenvalue weighted by Gasteiger charge is 2.21. The fourth-order valence-electron chi connectivity index (χ4n) is 5.33. The van der Waals surface area contributed by atoms with Crippen molar-refractivity contribution in [1.82, 2.24) is 30.0 Å². The number of hydrogen-bond donors (Lipinski definition) is 3. The van der Waals surface area contributed by atoms with Crippen LogP contribution in [0.1, 0.15) is 61.3 Å². The normalized spacial score (nSPS) is 21.1. The van der Waals surface area contributed by atoms with Crippen molar-refractivity contribution in [2.75, 3.05) is 18.4 Å². The molecule has 0 spiro atoms. The summed E-state index contributed by atoms with van der Waals surface area (Å²) < 4.78 is 1.17. The number of aliphatic hydroxyl groups is 1. The van der Waals surface area contributed by atoms with E-state index < -0.39 is 0 Å². The number of hydrogen-bond acceptors (Lipinski definition) is 8. The van der Waals surface area contributed by atoms with Gasteiger partial charge in [0.2, 0.25) is 5.95 Å². The molecule has 4 heterocycles. The molecule has 2 aliphatic rings. The summed E-state index contributed by atoms with van der Waals surface area (Å²) in [6.45, 7) is 3.14. The van der Waals surface area contributed by atoms with Gasteiger partial charge in [-0.15, -0.1) is 11.3 Å². The summed E-state index contributed by atoms with van der Waals surface area (Å²) >= 11 is 1.73. The zero-order chi connectivity index (χ0) is 24.3. The quantitative estimate of drug-likeness (QED) is 0.334. The van der Waals surface area contributed by atoms with Crippen LogP contribution < -0.4 is 5.32 Å². The smallest absolute Gasteiger partial charge is 0.223 e. The molecule has 1 aliphatic heterocycles. The number of aromatic nitrogens is 5. The zero-order valence-corrected chi connectivity index (χ0v) is 21.3. The van der Waals surface area contributed by atoms with E-state index in [1.54, 1.807) is 11.3 Å². The summed E-state index contributed by atoms with van der Waals surface area (Å²) in [6, 6.07) is 8.85. The van der Waals surface area contributed by atoms with E-state index in [1.807, 2.05) is 12.4 Å². The van der Waals surface area contributed by atoms with E-state index in [4.69, 9.17) is 15.0 Å². The molecule has 36 heavy (non-hydrogen) atoms. The number of benzene rings is 1. The minimum atomic E-state index is -0.168. The summed E-state index contributed by atoms with van der Waals surface area (Å²) in [4.78, 5) is 17.2. The van der Waals surface area contributed by atoms with Gasteiger partial charge in [-0.25, -0.2) is 15.0 Å². The van der Waals surface area contributed by atoms with Crippen LogP contribution in [0.3, 0.4) is 0 Å². The molecule has 1 aromatic carbocycles. The maximum atomic E-state index is 9.88. The van der Waals surface area contributed by atoms with Crippen LogP contribution in [0.2, 0.25) is 0 Å². The first-order valence-corrected chi connectivity index (χ1v) is 13.9. The number of H-pyrrole nitrogens is 1. The van der Waals surface area contributed by atoms with E-state index in [0.29, 0.717) is 18.4 Å². The maximum Gasteiger partial charge on any atom is 0.223 e. The second kappa shape index (κ2) is 10.6. The van der Waals surface area contributed by atoms with Gasteiger partial charge in [0.15, 0.2) is 0 Å². The maximum absolute atomic E-state index is 9.88. The van der Waals surface area contributed by atoms with E-state index in [9.17, 15) is 5.11 Å². The fraction of sp³-hybridized carbons (Fsp3) is 0.481. The van der Waals surface area contributed by atoms with Crippen molar-refractivity contribution in [2.24, 2.45) is 0 Å². The number of nitrogens with zero attached hydrogens (tertiary/aromatic N) is 5. The number of rotatable bonds is 7. The van der Waals surface area contributed by atoms with E-state index in [-0.39, 0.29) is 6.10 Å². The van der Waals surface area contributed by atoms with Gasteiger partial charge in [0.25, 0.3) is 0 Å². The van der Waals surface area contributed by atoms with Crippen LogP contribution in [-0.2, 0) is 13.0 Å². The van der Waals surface area contributed by atoms with Crippen molar-refractivity contribution in [2.45, 2.75) is 70.1 Å². The topological polar surface area (TPSA) is 103 Å². The lowest BCUT2D eigenvalue weighted by Crippen LogP contribution is -2.31. The van der Waals surface area contributed by atoms with Crippen molar-refractivity contribution in [3.63, 3.8) is 0 Å². The van der Waals surface area contributed by atoms with Gasteiger partial charge in [0, 0.05) is 30.8 Å². The van der Waals surface area contributed by atoms with Crippen molar-refractivity contribution in [1.29, 1.82) is 0 Å². The standard InChI is InChI=1S/C27H33N7OS/c35-23-7-5-20(6-8-23)30-27-31-21(13-22(32-27)17-34-10-2-1-3-11-34)14-26-33-24-9-4-18(12-25(24)36-26)19-15-28-29-16-19/h4,9,12-13,15-16,20,23,35H,1-3,5-8,10-11,14,17H2,(H,28,29)(H,30,31,32). The Morgan fingerprint density at radius 1 is 0.972 bits per heavy atom. The second-order valence-corrected chi connectivity index (χ2v) is 11.2. The van der Waals surface area contributed by atoms with Gasteiger partial charge in [-0.3, -0.25) is 10.00 Å². The number of nitrogens with one attached hydrogen (secondary N) is 2. The summed E-state index contributed by atoms with van der Waals surface area (Å²) in [6.07, 6.45) is 11.7. The van der Waals surface area contributed by atoms with Crippen molar-refractivity contribution < 1.29 is 5.11 Å². The highest BCUT2D eigenvalue weighted by atomic mass is 32.1. The van der Waals surface area contributed by atoms with Crippen LogP contribution in [0.5, 0.6) is 0 Å². The molecule has 4 aromatic rings. The van der Waals surface area contributed by atoms with Gasteiger partial charge < -0.3 is 10.4 Å². The SMILES string of the molecule is OC1CCC(Nc2nc(Cc3nc4ccc(-c5cn[nH]c5)cc4s3)cc(CN3CCCCC3)n2)CC1.